The maximum Gasteiger partial charge on any atom is 0.259 e. The molecule has 2 aromatic carbocycles. The number of hydrogen-bond donors (Lipinski definition) is 1. The first kappa shape index (κ1) is 23.3. The van der Waals surface area contributed by atoms with Gasteiger partial charge in [-0.15, -0.1) is 0 Å². The molecular weight excluding hydrogens is 412 g/mol. The van der Waals surface area contributed by atoms with Crippen LogP contribution in [0.4, 0.5) is 5.69 Å². The third-order valence-corrected chi connectivity index (χ3v) is 7.93. The number of carbonyl (C=O) groups is 1. The van der Waals surface area contributed by atoms with Crippen LogP contribution in [0.3, 0.4) is 0 Å². The molecule has 7 heteroatoms. The van der Waals surface area contributed by atoms with Gasteiger partial charge in [-0.3, -0.25) is 4.79 Å². The number of carbonyl (C=O) groups excluding carboxylic acids is 1. The van der Waals surface area contributed by atoms with Gasteiger partial charge in [0.25, 0.3) is 5.91 Å². The number of para-hydroxylation sites is 1. The third-order valence-electron chi connectivity index (χ3n) is 6.03. The molecule has 3 rings (SSSR count). The van der Waals surface area contributed by atoms with E-state index in [2.05, 4.69) is 12.2 Å². The number of benzene rings is 2. The average molecular weight is 445 g/mol. The van der Waals surface area contributed by atoms with Gasteiger partial charge in [-0.2, -0.15) is 4.31 Å². The second-order valence-electron chi connectivity index (χ2n) is 8.06. The quantitative estimate of drug-likeness (QED) is 0.683. The Labute approximate surface area is 185 Å². The van der Waals surface area contributed by atoms with E-state index in [1.165, 1.54) is 23.5 Å². The van der Waals surface area contributed by atoms with Crippen molar-refractivity contribution in [3.8, 4) is 5.75 Å². The second kappa shape index (κ2) is 9.83. The van der Waals surface area contributed by atoms with E-state index >= 15 is 0 Å². The van der Waals surface area contributed by atoms with Crippen LogP contribution in [0.25, 0.3) is 0 Å². The van der Waals surface area contributed by atoms with Crippen molar-refractivity contribution in [1.29, 1.82) is 0 Å². The highest BCUT2D eigenvalue weighted by Gasteiger charge is 2.29. The summed E-state index contributed by atoms with van der Waals surface area (Å²) in [7, 11) is -2.19. The number of anilines is 1. The van der Waals surface area contributed by atoms with Crippen LogP contribution < -0.4 is 10.1 Å². The standard InChI is InChI=1S/C24H32N2O4S/c1-5-18-8-7-9-19(6-2)23(18)25-24(27)21-16-20(10-11-22(21)30-4)31(28,29)26-14-12-17(3)13-15-26/h7-11,16-17H,5-6,12-15H2,1-4H3,(H,25,27). The van der Waals surface area contributed by atoms with Gasteiger partial charge in [-0.1, -0.05) is 39.0 Å². The van der Waals surface area contributed by atoms with Gasteiger partial charge in [0.15, 0.2) is 0 Å². The van der Waals surface area contributed by atoms with Crippen molar-refractivity contribution in [3.05, 3.63) is 53.1 Å². The lowest BCUT2D eigenvalue weighted by Crippen LogP contribution is -2.38. The second-order valence-corrected chi connectivity index (χ2v) is 10.00. The number of nitrogens with one attached hydrogen (secondary N) is 1. The molecule has 1 fully saturated rings. The minimum Gasteiger partial charge on any atom is -0.496 e. The number of ether oxygens (including phenoxy) is 1. The van der Waals surface area contributed by atoms with E-state index in [1.807, 2.05) is 32.0 Å². The highest BCUT2D eigenvalue weighted by Crippen LogP contribution is 2.29. The number of rotatable bonds is 7. The van der Waals surface area contributed by atoms with Gasteiger partial charge in [0, 0.05) is 18.8 Å². The molecule has 0 atom stereocenters. The number of nitrogens with zero attached hydrogens (tertiary/aromatic N) is 1. The molecule has 0 bridgehead atoms. The van der Waals surface area contributed by atoms with E-state index in [-0.39, 0.29) is 16.4 Å². The topological polar surface area (TPSA) is 75.7 Å². The summed E-state index contributed by atoms with van der Waals surface area (Å²) in [4.78, 5) is 13.3. The highest BCUT2D eigenvalue weighted by molar-refractivity contribution is 7.89. The summed E-state index contributed by atoms with van der Waals surface area (Å²) in [6.45, 7) is 7.22. The summed E-state index contributed by atoms with van der Waals surface area (Å²) < 4.78 is 33.2. The Morgan fingerprint density at radius 1 is 1.10 bits per heavy atom. The van der Waals surface area contributed by atoms with Crippen molar-refractivity contribution in [3.63, 3.8) is 0 Å². The van der Waals surface area contributed by atoms with Gasteiger partial charge in [-0.05, 0) is 60.9 Å². The Bertz CT molecular complexity index is 1020. The summed E-state index contributed by atoms with van der Waals surface area (Å²) in [6.07, 6.45) is 3.25. The molecule has 1 aliphatic rings. The zero-order valence-electron chi connectivity index (χ0n) is 18.8. The minimum atomic E-state index is -3.67. The number of piperidine rings is 1. The Kier molecular flexibility index (Phi) is 7.38. The zero-order valence-corrected chi connectivity index (χ0v) is 19.6. The van der Waals surface area contributed by atoms with Crippen molar-refractivity contribution < 1.29 is 17.9 Å². The molecule has 1 amide bonds. The molecule has 0 aliphatic carbocycles. The van der Waals surface area contributed by atoms with Gasteiger partial charge in [-0.25, -0.2) is 8.42 Å². The van der Waals surface area contributed by atoms with Gasteiger partial charge in [0.2, 0.25) is 10.0 Å². The van der Waals surface area contributed by atoms with Crippen LogP contribution in [0.2, 0.25) is 0 Å². The largest absolute Gasteiger partial charge is 0.496 e. The number of aryl methyl sites for hydroxylation is 2. The highest BCUT2D eigenvalue weighted by atomic mass is 32.2. The van der Waals surface area contributed by atoms with Crippen LogP contribution in [0, 0.1) is 5.92 Å². The number of amides is 1. The van der Waals surface area contributed by atoms with E-state index in [0.29, 0.717) is 24.8 Å². The predicted molar refractivity (Wildman–Crippen MR) is 123 cm³/mol. The van der Waals surface area contributed by atoms with E-state index in [4.69, 9.17) is 4.74 Å². The molecule has 0 saturated carbocycles. The summed E-state index contributed by atoms with van der Waals surface area (Å²) in [5, 5.41) is 3.01. The van der Waals surface area contributed by atoms with Crippen LogP contribution in [0.1, 0.15) is 55.1 Å². The van der Waals surface area contributed by atoms with Crippen molar-refractivity contribution in [2.24, 2.45) is 5.92 Å². The molecule has 0 aromatic heterocycles. The average Bonchev–Trinajstić information content (AvgIpc) is 2.78. The molecule has 1 N–H and O–H groups in total. The first-order chi connectivity index (χ1) is 14.8. The number of methoxy groups -OCH3 is 1. The van der Waals surface area contributed by atoms with Gasteiger partial charge in [0.05, 0.1) is 17.6 Å². The molecule has 168 valence electrons. The predicted octanol–water partition coefficient (Wildman–Crippen LogP) is 4.49. The lowest BCUT2D eigenvalue weighted by molar-refractivity contribution is 0.102. The summed E-state index contributed by atoms with van der Waals surface area (Å²) in [6, 6.07) is 10.5. The molecular formula is C24H32N2O4S. The first-order valence-corrected chi connectivity index (χ1v) is 12.4. The Morgan fingerprint density at radius 3 is 2.26 bits per heavy atom. The number of hydrogen-bond acceptors (Lipinski definition) is 4. The summed E-state index contributed by atoms with van der Waals surface area (Å²) >= 11 is 0. The van der Waals surface area contributed by atoms with Crippen molar-refractivity contribution >= 4 is 21.6 Å². The molecule has 0 spiro atoms. The smallest absolute Gasteiger partial charge is 0.259 e. The zero-order chi connectivity index (χ0) is 22.6. The Balaban J connectivity index is 1.96. The molecule has 6 nitrogen and oxygen atoms in total. The fraction of sp³-hybridized carbons (Fsp3) is 0.458. The maximum absolute atomic E-state index is 13.2. The normalized spacial score (nSPS) is 15.6. The van der Waals surface area contributed by atoms with Crippen molar-refractivity contribution in [1.82, 2.24) is 4.31 Å². The molecule has 0 radical (unpaired) electrons. The van der Waals surface area contributed by atoms with Gasteiger partial charge in [0.1, 0.15) is 5.75 Å². The first-order valence-electron chi connectivity index (χ1n) is 10.9. The number of sulfonamides is 1. The van der Waals surface area contributed by atoms with Gasteiger partial charge < -0.3 is 10.1 Å². The lowest BCUT2D eigenvalue weighted by atomic mass is 10.0. The SMILES string of the molecule is CCc1cccc(CC)c1NC(=O)c1cc(S(=O)(=O)N2CCC(C)CC2)ccc1OC. The van der Waals surface area contributed by atoms with Crippen LogP contribution in [0.15, 0.2) is 41.3 Å². The molecule has 2 aromatic rings. The van der Waals surface area contributed by atoms with E-state index in [9.17, 15) is 13.2 Å². The fourth-order valence-electron chi connectivity index (χ4n) is 3.98. The van der Waals surface area contributed by atoms with E-state index in [0.717, 1.165) is 42.5 Å². The van der Waals surface area contributed by atoms with Crippen LogP contribution in [-0.4, -0.2) is 38.8 Å². The van der Waals surface area contributed by atoms with E-state index in [1.54, 1.807) is 6.07 Å². The van der Waals surface area contributed by atoms with Crippen molar-refractivity contribution in [2.75, 3.05) is 25.5 Å². The third kappa shape index (κ3) is 4.93. The molecule has 1 aliphatic heterocycles. The molecule has 1 saturated heterocycles. The lowest BCUT2D eigenvalue weighted by Gasteiger charge is -2.29. The fourth-order valence-corrected chi connectivity index (χ4v) is 5.48. The summed E-state index contributed by atoms with van der Waals surface area (Å²) in [5.41, 5.74) is 3.08. The Morgan fingerprint density at radius 2 is 1.71 bits per heavy atom. The molecule has 31 heavy (non-hydrogen) atoms. The van der Waals surface area contributed by atoms with Gasteiger partial charge >= 0.3 is 0 Å². The van der Waals surface area contributed by atoms with E-state index < -0.39 is 10.0 Å². The summed E-state index contributed by atoms with van der Waals surface area (Å²) in [5.74, 6) is 0.488. The van der Waals surface area contributed by atoms with Crippen LogP contribution in [0.5, 0.6) is 5.75 Å². The molecule has 1 heterocycles. The maximum atomic E-state index is 13.2. The molecule has 0 unspecified atom stereocenters. The van der Waals surface area contributed by atoms with Crippen LogP contribution in [-0.2, 0) is 22.9 Å². The van der Waals surface area contributed by atoms with Crippen LogP contribution >= 0.6 is 0 Å². The Hall–Kier alpha value is -2.38. The monoisotopic (exact) mass is 444 g/mol. The van der Waals surface area contributed by atoms with Crippen molar-refractivity contribution in [2.45, 2.75) is 51.3 Å². The minimum absolute atomic E-state index is 0.118.